The summed E-state index contributed by atoms with van der Waals surface area (Å²) in [4.78, 5) is 30.9. The van der Waals surface area contributed by atoms with Gasteiger partial charge in [-0.2, -0.15) is 0 Å². The second kappa shape index (κ2) is 1.81. The zero-order chi connectivity index (χ0) is 6.85. The Balaban J connectivity index is 2.94. The fraction of sp³-hybridized carbons (Fsp3) is 0. The molecule has 0 atom stereocenters. The first kappa shape index (κ1) is 5.68. The van der Waals surface area contributed by atoms with E-state index in [1.54, 1.807) is 0 Å². The number of hydrogen-bond acceptors (Lipinski definition) is 3. The van der Waals surface area contributed by atoms with E-state index in [0.717, 1.165) is 12.3 Å². The summed E-state index contributed by atoms with van der Waals surface area (Å²) in [5.74, 6) is -2.63. The molecular weight excluding hydrogens is 122 g/mol. The van der Waals surface area contributed by atoms with E-state index in [0.29, 0.717) is 0 Å². The SMILES string of the molecule is O=C1C=CNC(=O)C1=O. The molecule has 1 N–H and O–H groups in total. The number of allylic oxidation sites excluding steroid dienone is 1. The Labute approximate surface area is 50.5 Å². The molecule has 1 aliphatic rings. The van der Waals surface area contributed by atoms with Crippen molar-refractivity contribution in [2.45, 2.75) is 0 Å². The van der Waals surface area contributed by atoms with Crippen molar-refractivity contribution in [3.8, 4) is 0 Å². The predicted molar refractivity (Wildman–Crippen MR) is 27.3 cm³/mol. The maximum atomic E-state index is 10.3. The molecular formula is C5H3NO3. The highest BCUT2D eigenvalue weighted by molar-refractivity contribution is 6.66. The van der Waals surface area contributed by atoms with Crippen molar-refractivity contribution in [3.05, 3.63) is 12.3 Å². The maximum Gasteiger partial charge on any atom is 0.299 e. The number of amides is 1. The Bertz CT molecular complexity index is 216. The highest BCUT2D eigenvalue weighted by atomic mass is 16.2. The van der Waals surface area contributed by atoms with Gasteiger partial charge in [-0.1, -0.05) is 0 Å². The van der Waals surface area contributed by atoms with Crippen LogP contribution in [0.1, 0.15) is 0 Å². The minimum absolute atomic E-state index is 0.765. The lowest BCUT2D eigenvalue weighted by Gasteiger charge is -1.99. The number of nitrogens with one attached hydrogen (secondary N) is 1. The van der Waals surface area contributed by atoms with Gasteiger partial charge in [0.15, 0.2) is 0 Å². The third-order valence-electron chi connectivity index (χ3n) is 0.879. The Morgan fingerprint density at radius 3 is 2.33 bits per heavy atom. The summed E-state index contributed by atoms with van der Waals surface area (Å²) in [6, 6.07) is 0. The molecule has 1 amide bonds. The second-order valence-electron chi connectivity index (χ2n) is 1.50. The molecule has 0 saturated carbocycles. The predicted octanol–water partition coefficient (Wildman–Crippen LogP) is -1.23. The van der Waals surface area contributed by atoms with E-state index in [1.165, 1.54) is 0 Å². The van der Waals surface area contributed by atoms with Gasteiger partial charge < -0.3 is 5.32 Å². The third kappa shape index (κ3) is 0.861. The van der Waals surface area contributed by atoms with E-state index in [9.17, 15) is 14.4 Å². The van der Waals surface area contributed by atoms with Crippen LogP contribution in [-0.2, 0) is 14.4 Å². The monoisotopic (exact) mass is 125 g/mol. The van der Waals surface area contributed by atoms with Crippen LogP contribution in [0.15, 0.2) is 12.3 Å². The molecule has 4 heteroatoms. The third-order valence-corrected chi connectivity index (χ3v) is 0.879. The van der Waals surface area contributed by atoms with E-state index < -0.39 is 17.5 Å². The molecule has 0 spiro atoms. The van der Waals surface area contributed by atoms with Crippen LogP contribution in [0.3, 0.4) is 0 Å². The maximum absolute atomic E-state index is 10.3. The van der Waals surface area contributed by atoms with E-state index in [-0.39, 0.29) is 0 Å². The normalized spacial score (nSPS) is 18.0. The molecule has 0 unspecified atom stereocenters. The van der Waals surface area contributed by atoms with E-state index in [1.807, 2.05) is 0 Å². The molecule has 9 heavy (non-hydrogen) atoms. The molecule has 4 nitrogen and oxygen atoms in total. The van der Waals surface area contributed by atoms with Gasteiger partial charge in [-0.15, -0.1) is 0 Å². The number of rotatable bonds is 0. The van der Waals surface area contributed by atoms with Crippen LogP contribution in [0.25, 0.3) is 0 Å². The van der Waals surface area contributed by atoms with Crippen molar-refractivity contribution in [2.75, 3.05) is 0 Å². The highest BCUT2D eigenvalue weighted by Crippen LogP contribution is 1.86. The zero-order valence-electron chi connectivity index (χ0n) is 4.38. The van der Waals surface area contributed by atoms with Crippen molar-refractivity contribution >= 4 is 17.5 Å². The first-order valence-corrected chi connectivity index (χ1v) is 2.27. The van der Waals surface area contributed by atoms with E-state index >= 15 is 0 Å². The summed E-state index contributed by atoms with van der Waals surface area (Å²) in [6.07, 6.45) is 2.16. The lowest BCUT2D eigenvalue weighted by molar-refractivity contribution is -0.143. The molecule has 0 aromatic rings. The lowest BCUT2D eigenvalue weighted by atomic mass is 10.2. The fourth-order valence-electron chi connectivity index (χ4n) is 0.446. The van der Waals surface area contributed by atoms with Crippen molar-refractivity contribution < 1.29 is 14.4 Å². The van der Waals surface area contributed by atoms with Crippen LogP contribution in [0.2, 0.25) is 0 Å². The number of carbonyl (C=O) groups is 3. The average molecular weight is 125 g/mol. The first-order chi connectivity index (χ1) is 4.22. The van der Waals surface area contributed by atoms with Crippen LogP contribution in [-0.4, -0.2) is 17.5 Å². The number of Topliss-reactive ketones (excluding diaryl/α,β-unsaturated/α-hetero) is 1. The van der Waals surface area contributed by atoms with Gasteiger partial charge >= 0.3 is 0 Å². The molecule has 0 aliphatic carbocycles. The standard InChI is InChI=1S/C5H3NO3/c7-3-1-2-6-5(9)4(3)8/h1-2H,(H,6,9). The molecule has 0 saturated heterocycles. The summed E-state index contributed by atoms with van der Waals surface area (Å²) in [5.41, 5.74) is 0. The quantitative estimate of drug-likeness (QED) is 0.412. The molecule has 0 aromatic carbocycles. The van der Waals surface area contributed by atoms with Crippen LogP contribution >= 0.6 is 0 Å². The molecule has 1 aliphatic heterocycles. The molecule has 0 radical (unpaired) electrons. The van der Waals surface area contributed by atoms with Gasteiger partial charge in [-0.05, 0) is 0 Å². The minimum Gasteiger partial charge on any atom is -0.325 e. The Kier molecular flexibility index (Phi) is 1.14. The summed E-state index contributed by atoms with van der Waals surface area (Å²) >= 11 is 0. The van der Waals surface area contributed by atoms with Crippen LogP contribution in [0, 0.1) is 0 Å². The summed E-state index contributed by atoms with van der Waals surface area (Å²) in [7, 11) is 0. The minimum atomic E-state index is -1.00. The topological polar surface area (TPSA) is 63.2 Å². The van der Waals surface area contributed by atoms with Crippen molar-refractivity contribution in [3.63, 3.8) is 0 Å². The summed E-state index contributed by atoms with van der Waals surface area (Å²) < 4.78 is 0. The smallest absolute Gasteiger partial charge is 0.299 e. The number of ketones is 2. The number of carbonyl (C=O) groups excluding carboxylic acids is 3. The fourth-order valence-corrected chi connectivity index (χ4v) is 0.446. The zero-order valence-corrected chi connectivity index (χ0v) is 4.38. The van der Waals surface area contributed by atoms with E-state index in [2.05, 4.69) is 5.32 Å². The highest BCUT2D eigenvalue weighted by Gasteiger charge is 2.22. The second-order valence-corrected chi connectivity index (χ2v) is 1.50. The molecule has 0 aromatic heterocycles. The summed E-state index contributed by atoms with van der Waals surface area (Å²) in [5, 5.41) is 2.07. The van der Waals surface area contributed by atoms with Gasteiger partial charge in [0.25, 0.3) is 11.7 Å². The molecule has 46 valence electrons. The summed E-state index contributed by atoms with van der Waals surface area (Å²) in [6.45, 7) is 0. The first-order valence-electron chi connectivity index (χ1n) is 2.27. The molecule has 1 heterocycles. The van der Waals surface area contributed by atoms with Gasteiger partial charge in [0, 0.05) is 12.3 Å². The largest absolute Gasteiger partial charge is 0.325 e. The van der Waals surface area contributed by atoms with Crippen molar-refractivity contribution in [1.29, 1.82) is 0 Å². The number of hydrogen-bond donors (Lipinski definition) is 1. The van der Waals surface area contributed by atoms with Crippen LogP contribution in [0.4, 0.5) is 0 Å². The van der Waals surface area contributed by atoms with Crippen molar-refractivity contribution in [2.24, 2.45) is 0 Å². The van der Waals surface area contributed by atoms with Gasteiger partial charge in [-0.3, -0.25) is 14.4 Å². The molecule has 1 rings (SSSR count). The average Bonchev–Trinajstić information content (AvgIpc) is 1.83. The van der Waals surface area contributed by atoms with Gasteiger partial charge in [-0.25, -0.2) is 0 Å². The van der Waals surface area contributed by atoms with E-state index in [4.69, 9.17) is 0 Å². The van der Waals surface area contributed by atoms with Gasteiger partial charge in [0.2, 0.25) is 5.78 Å². The Morgan fingerprint density at radius 2 is 1.89 bits per heavy atom. The Morgan fingerprint density at radius 1 is 1.22 bits per heavy atom. The van der Waals surface area contributed by atoms with Crippen LogP contribution < -0.4 is 5.32 Å². The lowest BCUT2D eigenvalue weighted by Crippen LogP contribution is -2.35. The van der Waals surface area contributed by atoms with Gasteiger partial charge in [0.1, 0.15) is 0 Å². The van der Waals surface area contributed by atoms with Crippen LogP contribution in [0.5, 0.6) is 0 Å². The molecule has 0 bridgehead atoms. The molecule has 0 fully saturated rings. The van der Waals surface area contributed by atoms with Crippen molar-refractivity contribution in [1.82, 2.24) is 5.32 Å². The van der Waals surface area contributed by atoms with Gasteiger partial charge in [0.05, 0.1) is 0 Å². The Hall–Kier alpha value is -1.45.